The first-order chi connectivity index (χ1) is 9.56. The van der Waals surface area contributed by atoms with Gasteiger partial charge in [0.15, 0.2) is 0 Å². The average molecular weight is 268 g/mol. The molecule has 20 heavy (non-hydrogen) atoms. The maximum atomic E-state index is 4.42. The lowest BCUT2D eigenvalue weighted by Gasteiger charge is -2.17. The first kappa shape index (κ1) is 16.1. The van der Waals surface area contributed by atoms with Gasteiger partial charge in [0.05, 0.1) is 18.1 Å². The molecule has 0 bridgehead atoms. The summed E-state index contributed by atoms with van der Waals surface area (Å²) in [7, 11) is 0. The Morgan fingerprint density at radius 2 is 2.00 bits per heavy atom. The number of allylic oxidation sites excluding steroid dienone is 2. The molecule has 2 heteroatoms. The Hall–Kier alpha value is -1.92. The van der Waals surface area contributed by atoms with E-state index in [9.17, 15) is 0 Å². The van der Waals surface area contributed by atoms with E-state index in [1.165, 1.54) is 11.1 Å². The fourth-order valence-corrected chi connectivity index (χ4v) is 1.72. The molecule has 106 valence electrons. The van der Waals surface area contributed by atoms with Gasteiger partial charge in [0.1, 0.15) is 0 Å². The van der Waals surface area contributed by atoms with Gasteiger partial charge in [0, 0.05) is 0 Å². The van der Waals surface area contributed by atoms with E-state index in [0.29, 0.717) is 6.54 Å². The van der Waals surface area contributed by atoms with E-state index in [-0.39, 0.29) is 5.54 Å². The van der Waals surface area contributed by atoms with Crippen molar-refractivity contribution in [3.05, 3.63) is 60.2 Å². The second-order valence-corrected chi connectivity index (χ2v) is 5.40. The third-order valence-electron chi connectivity index (χ3n) is 3.12. The molecule has 1 atom stereocenters. The normalized spacial score (nSPS) is 12.8. The van der Waals surface area contributed by atoms with Crippen LogP contribution in [-0.4, -0.2) is 11.5 Å². The first-order valence-corrected chi connectivity index (χ1v) is 7.00. The zero-order valence-electron chi connectivity index (χ0n) is 12.8. The summed E-state index contributed by atoms with van der Waals surface area (Å²) in [6, 6.07) is 12.9. The number of nitrogens with zero attached hydrogens (tertiary/aromatic N) is 2. The second kappa shape index (κ2) is 8.29. The van der Waals surface area contributed by atoms with E-state index in [0.717, 1.165) is 12.8 Å². The standard InChI is InChI=1S/C18H24N2/c1-5-18(4,13-9-10-16(2)3)20-15-19-14-17-11-7-6-8-12-17/h5-8,10-12H,1,9,13-14H2,2-4H3. The Balaban J connectivity index is 2.59. The number of aliphatic imine (C=N–C) groups is 2. The molecule has 0 heterocycles. The van der Waals surface area contributed by atoms with Gasteiger partial charge in [-0.15, -0.1) is 6.58 Å². The van der Waals surface area contributed by atoms with Crippen LogP contribution < -0.4 is 0 Å². The van der Waals surface area contributed by atoms with Crippen LogP contribution in [0, 0.1) is 0 Å². The van der Waals surface area contributed by atoms with Gasteiger partial charge >= 0.3 is 0 Å². The van der Waals surface area contributed by atoms with Crippen LogP contribution in [0.5, 0.6) is 0 Å². The monoisotopic (exact) mass is 268 g/mol. The summed E-state index contributed by atoms with van der Waals surface area (Å²) in [5.74, 6) is 0. The van der Waals surface area contributed by atoms with E-state index in [2.05, 4.69) is 49.4 Å². The summed E-state index contributed by atoms with van der Waals surface area (Å²) in [6.45, 7) is 10.8. The Morgan fingerprint density at radius 1 is 1.30 bits per heavy atom. The van der Waals surface area contributed by atoms with Gasteiger partial charge < -0.3 is 0 Å². The number of hydrogen-bond acceptors (Lipinski definition) is 2. The van der Waals surface area contributed by atoms with Crippen LogP contribution in [0.1, 0.15) is 39.2 Å². The van der Waals surface area contributed by atoms with E-state index in [1.807, 2.05) is 36.4 Å². The summed E-state index contributed by atoms with van der Waals surface area (Å²) in [4.78, 5) is 8.66. The van der Waals surface area contributed by atoms with E-state index in [4.69, 9.17) is 0 Å². The first-order valence-electron chi connectivity index (χ1n) is 7.00. The smallest absolute Gasteiger partial charge is 0.0905 e. The highest BCUT2D eigenvalue weighted by atomic mass is 14.9. The molecule has 2 nitrogen and oxygen atoms in total. The summed E-state index contributed by atoms with van der Waals surface area (Å²) < 4.78 is 0. The molecule has 1 aromatic carbocycles. The van der Waals surface area contributed by atoms with Gasteiger partial charge in [0.2, 0.25) is 0 Å². The number of benzene rings is 1. The lowest BCUT2D eigenvalue weighted by atomic mass is 9.96. The predicted molar refractivity (Wildman–Crippen MR) is 87.3 cm³/mol. The molecule has 0 aliphatic heterocycles. The van der Waals surface area contributed by atoms with Crippen LogP contribution in [0.25, 0.3) is 0 Å². The molecular formula is C18H24N2. The van der Waals surface area contributed by atoms with Crippen molar-refractivity contribution < 1.29 is 0 Å². The molecule has 1 unspecified atom stereocenters. The molecule has 0 spiro atoms. The molecular weight excluding hydrogens is 244 g/mol. The van der Waals surface area contributed by atoms with Crippen molar-refractivity contribution in [2.75, 3.05) is 0 Å². The lowest BCUT2D eigenvalue weighted by Crippen LogP contribution is -2.17. The van der Waals surface area contributed by atoms with Crippen molar-refractivity contribution >= 4 is 6.01 Å². The molecule has 0 saturated heterocycles. The van der Waals surface area contributed by atoms with Gasteiger partial charge in [-0.1, -0.05) is 48.1 Å². The van der Waals surface area contributed by atoms with Crippen LogP contribution in [0.2, 0.25) is 0 Å². The highest BCUT2D eigenvalue weighted by Gasteiger charge is 2.16. The Labute approximate surface area is 122 Å². The van der Waals surface area contributed by atoms with Crippen molar-refractivity contribution in [3.8, 4) is 0 Å². The summed E-state index contributed by atoms with van der Waals surface area (Å²) >= 11 is 0. The van der Waals surface area contributed by atoms with Gasteiger partial charge in [-0.2, -0.15) is 0 Å². The van der Waals surface area contributed by atoms with Gasteiger partial charge in [-0.25, -0.2) is 9.98 Å². The second-order valence-electron chi connectivity index (χ2n) is 5.40. The van der Waals surface area contributed by atoms with Crippen LogP contribution in [-0.2, 0) is 6.54 Å². The number of rotatable bonds is 7. The summed E-state index contributed by atoms with van der Waals surface area (Å²) in [5.41, 5.74) is 2.21. The average Bonchev–Trinajstić information content (AvgIpc) is 2.44. The molecule has 1 aromatic rings. The quantitative estimate of drug-likeness (QED) is 0.488. The highest BCUT2D eigenvalue weighted by molar-refractivity contribution is 5.43. The van der Waals surface area contributed by atoms with Crippen LogP contribution in [0.3, 0.4) is 0 Å². The Morgan fingerprint density at radius 3 is 2.60 bits per heavy atom. The maximum absolute atomic E-state index is 4.42. The van der Waals surface area contributed by atoms with E-state index >= 15 is 0 Å². The third-order valence-corrected chi connectivity index (χ3v) is 3.12. The molecule has 0 radical (unpaired) electrons. The van der Waals surface area contributed by atoms with Crippen LogP contribution in [0.15, 0.2) is 64.6 Å². The predicted octanol–water partition coefficient (Wildman–Crippen LogP) is 5.05. The van der Waals surface area contributed by atoms with Crippen molar-refractivity contribution in [3.63, 3.8) is 0 Å². The van der Waals surface area contributed by atoms with E-state index in [1.54, 1.807) is 0 Å². The molecule has 0 fully saturated rings. The maximum Gasteiger partial charge on any atom is 0.0905 e. The minimum Gasteiger partial charge on any atom is -0.221 e. The molecule has 0 amide bonds. The molecule has 1 rings (SSSR count). The minimum atomic E-state index is -0.286. The summed E-state index contributed by atoms with van der Waals surface area (Å²) in [6.07, 6.45) is 6.01. The SMILES string of the molecule is C=CC(C)(CCC=C(C)C)N=C=NCc1ccccc1. The fourth-order valence-electron chi connectivity index (χ4n) is 1.72. The minimum absolute atomic E-state index is 0.286. The topological polar surface area (TPSA) is 24.7 Å². The van der Waals surface area contributed by atoms with Crippen LogP contribution >= 0.6 is 0 Å². The third kappa shape index (κ3) is 6.31. The van der Waals surface area contributed by atoms with Crippen molar-refractivity contribution in [1.82, 2.24) is 0 Å². The van der Waals surface area contributed by atoms with Crippen molar-refractivity contribution in [1.29, 1.82) is 0 Å². The molecule has 0 N–H and O–H groups in total. The zero-order valence-corrected chi connectivity index (χ0v) is 12.8. The largest absolute Gasteiger partial charge is 0.221 e. The molecule has 0 aliphatic carbocycles. The Kier molecular flexibility index (Phi) is 6.69. The van der Waals surface area contributed by atoms with Crippen molar-refractivity contribution in [2.45, 2.75) is 45.7 Å². The molecule has 0 aliphatic rings. The lowest BCUT2D eigenvalue weighted by molar-refractivity contribution is 0.545. The van der Waals surface area contributed by atoms with Gasteiger partial charge in [0.25, 0.3) is 0 Å². The Bertz CT molecular complexity index is 503. The van der Waals surface area contributed by atoms with Gasteiger partial charge in [-0.3, -0.25) is 0 Å². The highest BCUT2D eigenvalue weighted by Crippen LogP contribution is 2.19. The molecule has 0 aromatic heterocycles. The molecule has 0 saturated carbocycles. The van der Waals surface area contributed by atoms with E-state index < -0.39 is 0 Å². The van der Waals surface area contributed by atoms with Gasteiger partial charge in [-0.05, 0) is 39.2 Å². The van der Waals surface area contributed by atoms with Crippen LogP contribution in [0.4, 0.5) is 0 Å². The number of hydrogen-bond donors (Lipinski definition) is 0. The summed E-state index contributed by atoms with van der Waals surface area (Å²) in [5, 5.41) is 0. The fraction of sp³-hybridized carbons (Fsp3) is 0.389. The van der Waals surface area contributed by atoms with Crippen molar-refractivity contribution in [2.24, 2.45) is 9.98 Å². The zero-order chi connectivity index (χ0) is 14.8.